The van der Waals surface area contributed by atoms with Gasteiger partial charge in [0.15, 0.2) is 29.0 Å². The number of hydrogen-bond acceptors (Lipinski definition) is 3. The Hall–Kier alpha value is -3.68. The molecule has 3 aromatic rings. The van der Waals surface area contributed by atoms with Gasteiger partial charge in [-0.1, -0.05) is 24.3 Å². The molecule has 0 aromatic heterocycles. The summed E-state index contributed by atoms with van der Waals surface area (Å²) in [6.45, 7) is 2.53. The number of fused-ring (bicyclic) bond motifs is 1. The second-order valence-electron chi connectivity index (χ2n) is 7.20. The molecule has 1 aliphatic rings. The molecule has 1 heterocycles. The number of aryl methyl sites for hydroxylation is 1. The smallest absolute Gasteiger partial charge is 0.231 e. The van der Waals surface area contributed by atoms with Gasteiger partial charge in [0.1, 0.15) is 18.1 Å². The van der Waals surface area contributed by atoms with Crippen LogP contribution in [0.15, 0.2) is 42.2 Å². The standard InChI is InChI=1S/C24H15F5O3/c1-11-5-3-4-6-13(11)9-17-23(30)14-7-8-16(12(2)24(14)32-17)31-10-15-18(25)20(27)22(29)21(28)19(15)26/h3-9H,10H2,1-2H3/b17-9-. The number of allylic oxidation sites excluding steroid dienone is 1. The van der Waals surface area contributed by atoms with Gasteiger partial charge in [0.05, 0.1) is 11.1 Å². The highest BCUT2D eigenvalue weighted by Gasteiger charge is 2.31. The first-order chi connectivity index (χ1) is 15.2. The van der Waals surface area contributed by atoms with Crippen molar-refractivity contribution in [3.05, 3.63) is 99.1 Å². The summed E-state index contributed by atoms with van der Waals surface area (Å²) in [6.07, 6.45) is 1.60. The zero-order valence-corrected chi connectivity index (χ0v) is 16.9. The first kappa shape index (κ1) is 21.5. The Morgan fingerprint density at radius 3 is 2.16 bits per heavy atom. The molecule has 0 aliphatic carbocycles. The predicted octanol–water partition coefficient (Wildman–Crippen LogP) is 6.19. The zero-order chi connectivity index (χ0) is 23.2. The van der Waals surface area contributed by atoms with E-state index in [1.54, 1.807) is 13.0 Å². The van der Waals surface area contributed by atoms with Crippen molar-refractivity contribution >= 4 is 11.9 Å². The molecule has 0 radical (unpaired) electrons. The van der Waals surface area contributed by atoms with E-state index in [1.165, 1.54) is 12.1 Å². The molecule has 0 fully saturated rings. The third kappa shape index (κ3) is 3.51. The molecule has 0 spiro atoms. The van der Waals surface area contributed by atoms with Crippen molar-refractivity contribution in [2.75, 3.05) is 0 Å². The molecule has 3 aromatic carbocycles. The average Bonchev–Trinajstić information content (AvgIpc) is 3.10. The van der Waals surface area contributed by atoms with Crippen LogP contribution < -0.4 is 9.47 Å². The van der Waals surface area contributed by atoms with Crippen LogP contribution in [0.25, 0.3) is 6.08 Å². The van der Waals surface area contributed by atoms with Gasteiger partial charge in [-0.15, -0.1) is 0 Å². The van der Waals surface area contributed by atoms with E-state index in [0.717, 1.165) is 11.1 Å². The minimum Gasteiger partial charge on any atom is -0.488 e. The molecule has 0 saturated heterocycles. The summed E-state index contributed by atoms with van der Waals surface area (Å²) >= 11 is 0. The van der Waals surface area contributed by atoms with E-state index >= 15 is 0 Å². The van der Waals surface area contributed by atoms with Crippen LogP contribution in [0, 0.1) is 42.9 Å². The third-order valence-corrected chi connectivity index (χ3v) is 5.18. The maximum atomic E-state index is 13.9. The van der Waals surface area contributed by atoms with E-state index in [9.17, 15) is 26.7 Å². The molecular weight excluding hydrogens is 431 g/mol. The number of hydrogen-bond donors (Lipinski definition) is 0. The van der Waals surface area contributed by atoms with E-state index in [-0.39, 0.29) is 28.6 Å². The number of Topliss-reactive ketones (excluding diaryl/α,β-unsaturated/α-hetero) is 1. The van der Waals surface area contributed by atoms with Crippen LogP contribution >= 0.6 is 0 Å². The Balaban J connectivity index is 1.63. The maximum Gasteiger partial charge on any atom is 0.231 e. The molecule has 0 N–H and O–H groups in total. The molecule has 4 rings (SSSR count). The van der Waals surface area contributed by atoms with Crippen LogP contribution in [-0.2, 0) is 6.61 Å². The first-order valence-corrected chi connectivity index (χ1v) is 9.47. The van der Waals surface area contributed by atoms with E-state index < -0.39 is 41.3 Å². The van der Waals surface area contributed by atoms with Gasteiger partial charge in [0.25, 0.3) is 0 Å². The third-order valence-electron chi connectivity index (χ3n) is 5.18. The van der Waals surface area contributed by atoms with E-state index in [1.807, 2.05) is 31.2 Å². The van der Waals surface area contributed by atoms with Crippen LogP contribution in [0.5, 0.6) is 11.5 Å². The minimum absolute atomic E-state index is 0.0673. The number of carbonyl (C=O) groups is 1. The molecule has 0 saturated carbocycles. The summed E-state index contributed by atoms with van der Waals surface area (Å²) < 4.78 is 78.8. The van der Waals surface area contributed by atoms with Crippen LogP contribution in [0.2, 0.25) is 0 Å². The Kier molecular flexibility index (Phi) is 5.46. The molecule has 0 atom stereocenters. The Labute approximate surface area is 179 Å². The molecule has 0 bridgehead atoms. The highest BCUT2D eigenvalue weighted by atomic mass is 19.2. The first-order valence-electron chi connectivity index (χ1n) is 9.47. The second-order valence-corrected chi connectivity index (χ2v) is 7.20. The fourth-order valence-electron chi connectivity index (χ4n) is 3.34. The number of ether oxygens (including phenoxy) is 2. The van der Waals surface area contributed by atoms with Gasteiger partial charge in [0.2, 0.25) is 11.6 Å². The lowest BCUT2D eigenvalue weighted by atomic mass is 10.0. The summed E-state index contributed by atoms with van der Waals surface area (Å²) in [6, 6.07) is 10.2. The van der Waals surface area contributed by atoms with Gasteiger partial charge in [-0.3, -0.25) is 4.79 Å². The van der Waals surface area contributed by atoms with Gasteiger partial charge >= 0.3 is 0 Å². The van der Waals surface area contributed by atoms with Crippen molar-refractivity contribution in [3.8, 4) is 11.5 Å². The second kappa shape index (κ2) is 8.11. The van der Waals surface area contributed by atoms with Gasteiger partial charge in [0, 0.05) is 5.56 Å². The number of ketones is 1. The number of halogens is 5. The fourth-order valence-corrected chi connectivity index (χ4v) is 3.34. The normalized spacial score (nSPS) is 14.0. The summed E-state index contributed by atoms with van der Waals surface area (Å²) in [5.41, 5.74) is 1.25. The summed E-state index contributed by atoms with van der Waals surface area (Å²) in [4.78, 5) is 12.7. The van der Waals surface area contributed by atoms with Crippen molar-refractivity contribution in [2.24, 2.45) is 0 Å². The molecule has 8 heteroatoms. The number of rotatable bonds is 4. The van der Waals surface area contributed by atoms with E-state index in [2.05, 4.69) is 0 Å². The van der Waals surface area contributed by atoms with Crippen molar-refractivity contribution in [1.82, 2.24) is 0 Å². The Morgan fingerprint density at radius 1 is 0.875 bits per heavy atom. The fraction of sp³-hybridized carbons (Fsp3) is 0.125. The Morgan fingerprint density at radius 2 is 1.50 bits per heavy atom. The maximum absolute atomic E-state index is 13.9. The predicted molar refractivity (Wildman–Crippen MR) is 106 cm³/mol. The SMILES string of the molecule is Cc1ccccc1/C=C1\Oc2c(ccc(OCc3c(F)c(F)c(F)c(F)c3F)c2C)C1=O. The number of benzene rings is 3. The van der Waals surface area contributed by atoms with Crippen LogP contribution in [0.4, 0.5) is 22.0 Å². The highest BCUT2D eigenvalue weighted by Crippen LogP contribution is 2.40. The molecule has 1 aliphatic heterocycles. The van der Waals surface area contributed by atoms with E-state index in [4.69, 9.17) is 9.47 Å². The average molecular weight is 446 g/mol. The lowest BCUT2D eigenvalue weighted by Gasteiger charge is -2.13. The molecule has 164 valence electrons. The number of carbonyl (C=O) groups excluding carboxylic acids is 1. The summed E-state index contributed by atoms with van der Waals surface area (Å²) in [5, 5.41) is 0. The van der Waals surface area contributed by atoms with Gasteiger partial charge < -0.3 is 9.47 Å². The molecular formula is C24H15F5O3. The lowest BCUT2D eigenvalue weighted by Crippen LogP contribution is -2.10. The van der Waals surface area contributed by atoms with E-state index in [0.29, 0.717) is 5.56 Å². The van der Waals surface area contributed by atoms with Crippen LogP contribution in [0.1, 0.15) is 32.6 Å². The molecule has 3 nitrogen and oxygen atoms in total. The topological polar surface area (TPSA) is 35.5 Å². The lowest BCUT2D eigenvalue weighted by molar-refractivity contribution is 0.101. The Bertz CT molecular complexity index is 1270. The van der Waals surface area contributed by atoms with Crippen molar-refractivity contribution < 1.29 is 36.2 Å². The largest absolute Gasteiger partial charge is 0.488 e. The monoisotopic (exact) mass is 446 g/mol. The summed E-state index contributed by atoms with van der Waals surface area (Å²) in [5.74, 6) is -10.3. The van der Waals surface area contributed by atoms with Crippen molar-refractivity contribution in [2.45, 2.75) is 20.5 Å². The summed E-state index contributed by atoms with van der Waals surface area (Å²) in [7, 11) is 0. The van der Waals surface area contributed by atoms with Crippen molar-refractivity contribution in [3.63, 3.8) is 0 Å². The van der Waals surface area contributed by atoms with Gasteiger partial charge in [-0.05, 0) is 43.2 Å². The molecule has 0 unspecified atom stereocenters. The van der Waals surface area contributed by atoms with Gasteiger partial charge in [-0.25, -0.2) is 22.0 Å². The van der Waals surface area contributed by atoms with Gasteiger partial charge in [-0.2, -0.15) is 0 Å². The molecule has 32 heavy (non-hydrogen) atoms. The minimum atomic E-state index is -2.24. The van der Waals surface area contributed by atoms with Crippen molar-refractivity contribution in [1.29, 1.82) is 0 Å². The quantitative estimate of drug-likeness (QED) is 0.207. The van der Waals surface area contributed by atoms with Crippen LogP contribution in [-0.4, -0.2) is 5.78 Å². The molecule has 0 amide bonds. The van der Waals surface area contributed by atoms with Crippen LogP contribution in [0.3, 0.4) is 0 Å². The highest BCUT2D eigenvalue weighted by molar-refractivity contribution is 6.15. The zero-order valence-electron chi connectivity index (χ0n) is 16.9.